The Bertz CT molecular complexity index is 1460. The first-order valence-corrected chi connectivity index (χ1v) is 12.6. The third kappa shape index (κ3) is 5.48. The SMILES string of the molecule is O=C1OC(c2ccc(-c3ccccc3)cc2)=N/C1=C\c1cc(Br)c(OCc2ccc(F)cc2)c(Br)c1. The molecule has 1 aliphatic heterocycles. The summed E-state index contributed by atoms with van der Waals surface area (Å²) in [6, 6.07) is 27.5. The summed E-state index contributed by atoms with van der Waals surface area (Å²) in [5.74, 6) is 0.0568. The number of ether oxygens (including phenoxy) is 2. The van der Waals surface area contributed by atoms with E-state index < -0.39 is 5.97 Å². The topological polar surface area (TPSA) is 47.9 Å². The van der Waals surface area contributed by atoms with Gasteiger partial charge in [-0.1, -0.05) is 54.6 Å². The molecule has 4 aromatic rings. The first-order chi connectivity index (χ1) is 17.5. The zero-order valence-electron chi connectivity index (χ0n) is 18.8. The molecule has 36 heavy (non-hydrogen) atoms. The fourth-order valence-corrected chi connectivity index (χ4v) is 5.11. The highest BCUT2D eigenvalue weighted by Crippen LogP contribution is 2.36. The summed E-state index contributed by atoms with van der Waals surface area (Å²) in [6.45, 7) is 0.279. The molecule has 0 spiro atoms. The van der Waals surface area contributed by atoms with E-state index in [0.29, 0.717) is 14.7 Å². The molecule has 0 fully saturated rings. The predicted octanol–water partition coefficient (Wildman–Crippen LogP) is 7.94. The highest BCUT2D eigenvalue weighted by molar-refractivity contribution is 9.11. The maximum atomic E-state index is 13.1. The van der Waals surface area contributed by atoms with Crippen molar-refractivity contribution in [1.82, 2.24) is 0 Å². The average Bonchev–Trinajstić information content (AvgIpc) is 3.25. The standard InChI is InChI=1S/C29H18Br2FNO3/c30-24-14-19(15-25(31)27(24)35-17-18-6-12-23(32)13-7-18)16-26-29(34)36-28(33-26)22-10-8-21(9-11-22)20-4-2-1-3-5-20/h1-16H,17H2/b26-16-. The number of esters is 1. The second kappa shape index (κ2) is 10.6. The molecule has 7 heteroatoms. The number of carbonyl (C=O) groups is 1. The van der Waals surface area contributed by atoms with Crippen LogP contribution in [-0.4, -0.2) is 11.9 Å². The maximum Gasteiger partial charge on any atom is 0.363 e. The third-order valence-corrected chi connectivity index (χ3v) is 6.66. The van der Waals surface area contributed by atoms with E-state index in [9.17, 15) is 9.18 Å². The van der Waals surface area contributed by atoms with Gasteiger partial charge in [0.2, 0.25) is 5.90 Å². The molecular formula is C29H18Br2FNO3. The molecule has 0 radical (unpaired) electrons. The van der Waals surface area contributed by atoms with Crippen LogP contribution in [0.5, 0.6) is 5.75 Å². The molecule has 1 heterocycles. The van der Waals surface area contributed by atoms with Crippen molar-refractivity contribution in [2.75, 3.05) is 0 Å². The zero-order chi connectivity index (χ0) is 25.1. The lowest BCUT2D eigenvalue weighted by atomic mass is 10.0. The smallest absolute Gasteiger partial charge is 0.363 e. The van der Waals surface area contributed by atoms with E-state index in [2.05, 4.69) is 36.9 Å². The minimum absolute atomic E-state index is 0.205. The molecule has 0 N–H and O–H groups in total. The number of rotatable bonds is 6. The number of aliphatic imine (C=N–C) groups is 1. The molecule has 0 atom stereocenters. The van der Waals surface area contributed by atoms with Crippen LogP contribution in [0.3, 0.4) is 0 Å². The van der Waals surface area contributed by atoms with Crippen molar-refractivity contribution in [2.24, 2.45) is 4.99 Å². The van der Waals surface area contributed by atoms with Crippen LogP contribution in [0.4, 0.5) is 4.39 Å². The molecule has 0 aromatic heterocycles. The van der Waals surface area contributed by atoms with Crippen LogP contribution in [0, 0.1) is 5.82 Å². The lowest BCUT2D eigenvalue weighted by Gasteiger charge is -2.11. The van der Waals surface area contributed by atoms with Gasteiger partial charge in [-0.2, -0.15) is 0 Å². The number of cyclic esters (lactones) is 1. The maximum absolute atomic E-state index is 13.1. The summed E-state index contributed by atoms with van der Waals surface area (Å²) >= 11 is 7.05. The van der Waals surface area contributed by atoms with E-state index >= 15 is 0 Å². The van der Waals surface area contributed by atoms with Crippen molar-refractivity contribution in [3.8, 4) is 16.9 Å². The van der Waals surface area contributed by atoms with Crippen LogP contribution < -0.4 is 4.74 Å². The van der Waals surface area contributed by atoms with Gasteiger partial charge in [-0.3, -0.25) is 0 Å². The largest absolute Gasteiger partial charge is 0.487 e. The van der Waals surface area contributed by atoms with Crippen molar-refractivity contribution in [2.45, 2.75) is 6.61 Å². The van der Waals surface area contributed by atoms with Crippen LogP contribution in [0.1, 0.15) is 16.7 Å². The highest BCUT2D eigenvalue weighted by Gasteiger charge is 2.24. The second-order valence-corrected chi connectivity index (χ2v) is 9.72. The van der Waals surface area contributed by atoms with Crippen LogP contribution in [0.15, 0.2) is 111 Å². The number of benzene rings is 4. The summed E-state index contributed by atoms with van der Waals surface area (Å²) in [6.07, 6.45) is 1.66. The Kier molecular flexibility index (Phi) is 7.11. The molecule has 0 aliphatic carbocycles. The van der Waals surface area contributed by atoms with Crippen molar-refractivity contribution in [3.63, 3.8) is 0 Å². The van der Waals surface area contributed by atoms with Gasteiger partial charge in [-0.05, 0) is 96.6 Å². The third-order valence-electron chi connectivity index (χ3n) is 5.48. The Balaban J connectivity index is 1.33. The lowest BCUT2D eigenvalue weighted by molar-refractivity contribution is -0.129. The molecule has 0 saturated carbocycles. The van der Waals surface area contributed by atoms with E-state index in [1.807, 2.05) is 66.7 Å². The van der Waals surface area contributed by atoms with Gasteiger partial charge in [0.15, 0.2) is 5.70 Å². The first kappa shape index (κ1) is 24.2. The fraction of sp³-hybridized carbons (Fsp3) is 0.0345. The minimum atomic E-state index is -0.513. The van der Waals surface area contributed by atoms with E-state index in [4.69, 9.17) is 9.47 Å². The van der Waals surface area contributed by atoms with Crippen molar-refractivity contribution < 1.29 is 18.7 Å². The molecule has 178 valence electrons. The number of hydrogen-bond acceptors (Lipinski definition) is 4. The van der Waals surface area contributed by atoms with Crippen LogP contribution in [0.2, 0.25) is 0 Å². The fourth-order valence-electron chi connectivity index (χ4n) is 3.66. The normalized spacial score (nSPS) is 14.0. The molecule has 0 unspecified atom stereocenters. The average molecular weight is 607 g/mol. The zero-order valence-corrected chi connectivity index (χ0v) is 21.9. The Morgan fingerprint density at radius 3 is 2.11 bits per heavy atom. The van der Waals surface area contributed by atoms with Gasteiger partial charge in [0.05, 0.1) is 8.95 Å². The minimum Gasteiger partial charge on any atom is -0.487 e. The Morgan fingerprint density at radius 2 is 1.44 bits per heavy atom. The number of hydrogen-bond donors (Lipinski definition) is 0. The van der Waals surface area contributed by atoms with E-state index in [1.54, 1.807) is 18.2 Å². The number of halogens is 3. The molecule has 0 saturated heterocycles. The highest BCUT2D eigenvalue weighted by atomic mass is 79.9. The van der Waals surface area contributed by atoms with Gasteiger partial charge in [-0.25, -0.2) is 14.2 Å². The van der Waals surface area contributed by atoms with Crippen molar-refractivity contribution in [3.05, 3.63) is 128 Å². The lowest BCUT2D eigenvalue weighted by Crippen LogP contribution is -2.05. The monoisotopic (exact) mass is 605 g/mol. The first-order valence-electron chi connectivity index (χ1n) is 11.0. The van der Waals surface area contributed by atoms with Gasteiger partial charge in [0.1, 0.15) is 18.2 Å². The molecule has 1 aliphatic rings. The van der Waals surface area contributed by atoms with Gasteiger partial charge in [-0.15, -0.1) is 0 Å². The van der Waals surface area contributed by atoms with Gasteiger partial charge in [0.25, 0.3) is 0 Å². The molecule has 4 nitrogen and oxygen atoms in total. The van der Waals surface area contributed by atoms with Crippen LogP contribution in [0.25, 0.3) is 17.2 Å². The second-order valence-electron chi connectivity index (χ2n) is 8.01. The molecular weight excluding hydrogens is 589 g/mol. The summed E-state index contributed by atoms with van der Waals surface area (Å²) in [4.78, 5) is 16.9. The van der Waals surface area contributed by atoms with E-state index in [-0.39, 0.29) is 24.0 Å². The predicted molar refractivity (Wildman–Crippen MR) is 145 cm³/mol. The Labute approximate surface area is 224 Å². The summed E-state index contributed by atoms with van der Waals surface area (Å²) < 4.78 is 25.8. The quantitative estimate of drug-likeness (QED) is 0.165. The molecule has 5 rings (SSSR count). The van der Waals surface area contributed by atoms with Gasteiger partial charge >= 0.3 is 5.97 Å². The molecule has 0 amide bonds. The number of nitrogens with zero attached hydrogens (tertiary/aromatic N) is 1. The van der Waals surface area contributed by atoms with Crippen molar-refractivity contribution in [1.29, 1.82) is 0 Å². The van der Waals surface area contributed by atoms with Crippen molar-refractivity contribution >= 4 is 49.8 Å². The Hall–Kier alpha value is -3.55. The van der Waals surface area contributed by atoms with Crippen LogP contribution in [-0.2, 0) is 16.1 Å². The van der Waals surface area contributed by atoms with Gasteiger partial charge in [0, 0.05) is 5.56 Å². The Morgan fingerprint density at radius 1 is 0.833 bits per heavy atom. The van der Waals surface area contributed by atoms with E-state index in [1.165, 1.54) is 12.1 Å². The van der Waals surface area contributed by atoms with Gasteiger partial charge < -0.3 is 9.47 Å². The molecule has 4 aromatic carbocycles. The molecule has 0 bridgehead atoms. The summed E-state index contributed by atoms with van der Waals surface area (Å²) in [7, 11) is 0. The van der Waals surface area contributed by atoms with Crippen LogP contribution >= 0.6 is 31.9 Å². The van der Waals surface area contributed by atoms with E-state index in [0.717, 1.165) is 27.8 Å². The summed E-state index contributed by atoms with van der Waals surface area (Å²) in [5, 5.41) is 0. The number of carbonyl (C=O) groups excluding carboxylic acids is 1. The summed E-state index contributed by atoms with van der Waals surface area (Å²) in [5.41, 5.74) is 4.68.